The van der Waals surface area contributed by atoms with E-state index in [1.165, 1.54) is 0 Å². The number of nitrogens with zero attached hydrogens (tertiary/aromatic N) is 1. The number of hydrogen-bond acceptors (Lipinski definition) is 4. The van der Waals surface area contributed by atoms with Crippen molar-refractivity contribution < 1.29 is 19.1 Å². The summed E-state index contributed by atoms with van der Waals surface area (Å²) >= 11 is 0. The molecule has 1 N–H and O–H groups in total. The summed E-state index contributed by atoms with van der Waals surface area (Å²) in [6.45, 7) is 1.53. The molecule has 1 aromatic rings. The Morgan fingerprint density at radius 1 is 1.47 bits per heavy atom. The van der Waals surface area contributed by atoms with Crippen molar-refractivity contribution in [2.75, 3.05) is 6.61 Å². The molecule has 0 aromatic carbocycles. The highest BCUT2D eigenvalue weighted by atomic mass is 16.5. The Balaban J connectivity index is 1.77. The fourth-order valence-electron chi connectivity index (χ4n) is 1.82. The average molecular weight is 264 g/mol. The van der Waals surface area contributed by atoms with Crippen molar-refractivity contribution >= 4 is 17.8 Å². The zero-order chi connectivity index (χ0) is 14.0. The van der Waals surface area contributed by atoms with E-state index in [1.54, 1.807) is 29.9 Å². The lowest BCUT2D eigenvalue weighted by atomic mass is 10.3. The Bertz CT molecular complexity index is 520. The Morgan fingerprint density at radius 2 is 2.16 bits per heavy atom. The molecule has 6 heteroatoms. The molecule has 102 valence electrons. The molecule has 1 aliphatic carbocycles. The topological polar surface area (TPSA) is 77.4 Å². The number of carbonyl (C=O) groups is 3. The third kappa shape index (κ3) is 3.21. The zero-order valence-electron chi connectivity index (χ0n) is 10.9. The van der Waals surface area contributed by atoms with Gasteiger partial charge < -0.3 is 9.30 Å². The van der Waals surface area contributed by atoms with Crippen LogP contribution in [0.5, 0.6) is 0 Å². The lowest BCUT2D eigenvalue weighted by Gasteiger charge is -2.06. The van der Waals surface area contributed by atoms with Crippen molar-refractivity contribution in [1.29, 1.82) is 0 Å². The van der Waals surface area contributed by atoms with Crippen LogP contribution in [0.3, 0.4) is 0 Å². The van der Waals surface area contributed by atoms with Gasteiger partial charge in [-0.25, -0.2) is 0 Å². The lowest BCUT2D eigenvalue weighted by molar-refractivity contribution is -0.149. The first-order valence-corrected chi connectivity index (χ1v) is 6.11. The predicted octanol–water partition coefficient (Wildman–Crippen LogP) is 0.481. The average Bonchev–Trinajstić information content (AvgIpc) is 2.92. The normalized spacial score (nSPS) is 20.7. The van der Waals surface area contributed by atoms with Gasteiger partial charge in [0.05, 0.1) is 5.92 Å². The molecule has 1 saturated carbocycles. The monoisotopic (exact) mass is 264 g/mol. The summed E-state index contributed by atoms with van der Waals surface area (Å²) in [5, 5.41) is 2.17. The Hall–Kier alpha value is -2.11. The van der Waals surface area contributed by atoms with E-state index in [9.17, 15) is 14.4 Å². The molecule has 0 bridgehead atoms. The van der Waals surface area contributed by atoms with Gasteiger partial charge in [-0.1, -0.05) is 6.92 Å². The second kappa shape index (κ2) is 5.26. The first-order chi connectivity index (χ1) is 8.99. The van der Waals surface area contributed by atoms with Crippen LogP contribution < -0.4 is 5.32 Å². The number of rotatable bonds is 4. The first kappa shape index (κ1) is 13.3. The van der Waals surface area contributed by atoms with Crippen molar-refractivity contribution in [3.63, 3.8) is 0 Å². The van der Waals surface area contributed by atoms with E-state index in [4.69, 9.17) is 4.74 Å². The highest BCUT2D eigenvalue weighted by Gasteiger charge is 2.40. The number of carbonyl (C=O) groups excluding carboxylic acids is 3. The highest BCUT2D eigenvalue weighted by molar-refractivity contribution is 6.04. The molecule has 2 unspecified atom stereocenters. The smallest absolute Gasteiger partial charge is 0.309 e. The van der Waals surface area contributed by atoms with Crippen LogP contribution in [-0.2, 0) is 21.4 Å². The Kier molecular flexibility index (Phi) is 3.69. The third-order valence-electron chi connectivity index (χ3n) is 3.19. The molecule has 6 nitrogen and oxygen atoms in total. The molecule has 2 amide bonds. The molecular formula is C13H16N2O4. The lowest BCUT2D eigenvalue weighted by Crippen LogP contribution is -2.35. The molecule has 1 aromatic heterocycles. The number of hydrogen-bond donors (Lipinski definition) is 1. The summed E-state index contributed by atoms with van der Waals surface area (Å²) in [4.78, 5) is 34.6. The van der Waals surface area contributed by atoms with E-state index >= 15 is 0 Å². The van der Waals surface area contributed by atoms with Crippen LogP contribution in [0.25, 0.3) is 0 Å². The number of imide groups is 1. The molecule has 1 aliphatic rings. The van der Waals surface area contributed by atoms with Crippen LogP contribution in [-0.4, -0.2) is 29.0 Å². The van der Waals surface area contributed by atoms with E-state index in [-0.39, 0.29) is 11.9 Å². The molecule has 0 aliphatic heterocycles. The highest BCUT2D eigenvalue weighted by Crippen LogP contribution is 2.38. The van der Waals surface area contributed by atoms with Crippen LogP contribution >= 0.6 is 0 Å². The van der Waals surface area contributed by atoms with Gasteiger partial charge in [-0.05, 0) is 24.5 Å². The van der Waals surface area contributed by atoms with E-state index in [0.29, 0.717) is 11.6 Å². The van der Waals surface area contributed by atoms with Crippen molar-refractivity contribution in [3.05, 3.63) is 24.0 Å². The van der Waals surface area contributed by atoms with Crippen molar-refractivity contribution in [1.82, 2.24) is 9.88 Å². The molecule has 1 fully saturated rings. The summed E-state index contributed by atoms with van der Waals surface area (Å²) in [6, 6.07) is 3.30. The predicted molar refractivity (Wildman–Crippen MR) is 66.1 cm³/mol. The van der Waals surface area contributed by atoms with Gasteiger partial charge in [0.1, 0.15) is 5.69 Å². The van der Waals surface area contributed by atoms with Crippen molar-refractivity contribution in [3.8, 4) is 0 Å². The van der Waals surface area contributed by atoms with Gasteiger partial charge in [0.15, 0.2) is 6.61 Å². The molecule has 2 rings (SSSR count). The molecule has 0 radical (unpaired) electrons. The maximum absolute atomic E-state index is 11.7. The SMILES string of the molecule is CC1CC1C(=O)OCC(=O)NC(=O)c1cccn1C. The van der Waals surface area contributed by atoms with Crippen molar-refractivity contribution in [2.45, 2.75) is 13.3 Å². The van der Waals surface area contributed by atoms with Crippen LogP contribution in [0, 0.1) is 11.8 Å². The van der Waals surface area contributed by atoms with Crippen LogP contribution in [0.1, 0.15) is 23.8 Å². The van der Waals surface area contributed by atoms with Gasteiger partial charge in [-0.3, -0.25) is 19.7 Å². The summed E-state index contributed by atoms with van der Waals surface area (Å²) in [5.74, 6) is -1.24. The van der Waals surface area contributed by atoms with E-state index in [0.717, 1.165) is 6.42 Å². The van der Waals surface area contributed by atoms with Crippen LogP contribution in [0.2, 0.25) is 0 Å². The number of aromatic nitrogens is 1. The number of amides is 2. The zero-order valence-corrected chi connectivity index (χ0v) is 10.9. The maximum Gasteiger partial charge on any atom is 0.309 e. The van der Waals surface area contributed by atoms with Gasteiger partial charge in [0.25, 0.3) is 11.8 Å². The standard InChI is InChI=1S/C13H16N2O4/c1-8-6-9(8)13(18)19-7-11(16)14-12(17)10-4-3-5-15(10)2/h3-5,8-9H,6-7H2,1-2H3,(H,14,16,17). The Morgan fingerprint density at radius 3 is 2.68 bits per heavy atom. The summed E-state index contributed by atoms with van der Waals surface area (Å²) in [6.07, 6.45) is 2.51. The van der Waals surface area contributed by atoms with Crippen LogP contribution in [0.15, 0.2) is 18.3 Å². The summed E-state index contributed by atoms with van der Waals surface area (Å²) in [7, 11) is 1.70. The number of esters is 1. The van der Waals surface area contributed by atoms with Gasteiger partial charge in [-0.15, -0.1) is 0 Å². The third-order valence-corrected chi connectivity index (χ3v) is 3.19. The fraction of sp³-hybridized carbons (Fsp3) is 0.462. The number of ether oxygens (including phenoxy) is 1. The largest absolute Gasteiger partial charge is 0.455 e. The molecule has 19 heavy (non-hydrogen) atoms. The van der Waals surface area contributed by atoms with E-state index in [2.05, 4.69) is 5.32 Å². The quantitative estimate of drug-likeness (QED) is 0.802. The van der Waals surface area contributed by atoms with Crippen molar-refractivity contribution in [2.24, 2.45) is 18.9 Å². The van der Waals surface area contributed by atoms with E-state index in [1.807, 2.05) is 6.92 Å². The Labute approximate surface area is 110 Å². The molecule has 1 heterocycles. The molecule has 0 saturated heterocycles. The van der Waals surface area contributed by atoms with Gasteiger partial charge >= 0.3 is 5.97 Å². The number of nitrogens with one attached hydrogen (secondary N) is 1. The van der Waals surface area contributed by atoms with Gasteiger partial charge in [0, 0.05) is 13.2 Å². The summed E-state index contributed by atoms with van der Waals surface area (Å²) in [5.41, 5.74) is 0.371. The molecule has 0 spiro atoms. The first-order valence-electron chi connectivity index (χ1n) is 6.11. The molecule has 2 atom stereocenters. The van der Waals surface area contributed by atoms with Gasteiger partial charge in [0.2, 0.25) is 0 Å². The minimum atomic E-state index is -0.618. The number of aryl methyl sites for hydroxylation is 1. The second-order valence-corrected chi connectivity index (χ2v) is 4.81. The van der Waals surface area contributed by atoms with Gasteiger partial charge in [-0.2, -0.15) is 0 Å². The molecular weight excluding hydrogens is 248 g/mol. The summed E-state index contributed by atoms with van der Waals surface area (Å²) < 4.78 is 6.43. The fourth-order valence-corrected chi connectivity index (χ4v) is 1.82. The maximum atomic E-state index is 11.7. The minimum absolute atomic E-state index is 0.0867. The second-order valence-electron chi connectivity index (χ2n) is 4.81. The van der Waals surface area contributed by atoms with E-state index < -0.39 is 18.4 Å². The van der Waals surface area contributed by atoms with Crippen LogP contribution in [0.4, 0.5) is 0 Å². The minimum Gasteiger partial charge on any atom is -0.455 e.